The SMILES string of the molecule is Cc1cncc(C(=O)NC2CCc3onc(C(=O)NC4CCCC4)c3C2)c1. The van der Waals surface area contributed by atoms with Gasteiger partial charge in [-0.25, -0.2) is 0 Å². The fourth-order valence-electron chi connectivity index (χ4n) is 3.98. The van der Waals surface area contributed by atoms with Crippen molar-refractivity contribution >= 4 is 11.8 Å². The van der Waals surface area contributed by atoms with E-state index < -0.39 is 0 Å². The van der Waals surface area contributed by atoms with Crippen LogP contribution in [0.5, 0.6) is 0 Å². The minimum absolute atomic E-state index is 0.0528. The molecule has 0 saturated heterocycles. The van der Waals surface area contributed by atoms with Gasteiger partial charge in [-0.3, -0.25) is 14.6 Å². The number of amides is 2. The standard InChI is InChI=1S/C20H24N4O3/c1-12-8-13(11-21-10-12)19(25)23-15-6-7-17-16(9-15)18(24-27-17)20(26)22-14-4-2-3-5-14/h8,10-11,14-15H,2-7,9H2,1H3,(H,22,26)(H,23,25). The van der Waals surface area contributed by atoms with Crippen LogP contribution in [-0.2, 0) is 12.8 Å². The molecule has 2 N–H and O–H groups in total. The zero-order valence-electron chi connectivity index (χ0n) is 15.5. The van der Waals surface area contributed by atoms with E-state index in [-0.39, 0.29) is 23.9 Å². The molecule has 0 spiro atoms. The van der Waals surface area contributed by atoms with Crippen LogP contribution < -0.4 is 10.6 Å². The van der Waals surface area contributed by atoms with Crippen molar-refractivity contribution in [3.05, 3.63) is 46.6 Å². The van der Waals surface area contributed by atoms with Gasteiger partial charge in [0.05, 0.1) is 5.56 Å². The highest BCUT2D eigenvalue weighted by Crippen LogP contribution is 2.26. The van der Waals surface area contributed by atoms with Crippen molar-refractivity contribution in [3.63, 3.8) is 0 Å². The largest absolute Gasteiger partial charge is 0.360 e. The zero-order chi connectivity index (χ0) is 18.8. The first-order valence-corrected chi connectivity index (χ1v) is 9.61. The molecule has 1 saturated carbocycles. The summed E-state index contributed by atoms with van der Waals surface area (Å²) in [5.41, 5.74) is 2.68. The van der Waals surface area contributed by atoms with Crippen LogP contribution in [0.4, 0.5) is 0 Å². The maximum absolute atomic E-state index is 12.6. The monoisotopic (exact) mass is 368 g/mol. The summed E-state index contributed by atoms with van der Waals surface area (Å²) in [5.74, 6) is 0.448. The van der Waals surface area contributed by atoms with Gasteiger partial charge in [-0.1, -0.05) is 18.0 Å². The van der Waals surface area contributed by atoms with Gasteiger partial charge < -0.3 is 15.2 Å². The van der Waals surface area contributed by atoms with Crippen LogP contribution in [0, 0.1) is 6.92 Å². The van der Waals surface area contributed by atoms with Crippen LogP contribution in [0.3, 0.4) is 0 Å². The number of nitrogens with zero attached hydrogens (tertiary/aromatic N) is 2. The summed E-state index contributed by atoms with van der Waals surface area (Å²) in [5, 5.41) is 10.1. The van der Waals surface area contributed by atoms with Crippen molar-refractivity contribution in [3.8, 4) is 0 Å². The Kier molecular flexibility index (Phi) is 4.92. The summed E-state index contributed by atoms with van der Waals surface area (Å²) in [7, 11) is 0. The fourth-order valence-corrected chi connectivity index (χ4v) is 3.98. The summed E-state index contributed by atoms with van der Waals surface area (Å²) >= 11 is 0. The average molecular weight is 368 g/mol. The topological polar surface area (TPSA) is 97.1 Å². The molecule has 1 fully saturated rings. The van der Waals surface area contributed by atoms with Gasteiger partial charge >= 0.3 is 0 Å². The molecule has 1 unspecified atom stereocenters. The highest BCUT2D eigenvalue weighted by atomic mass is 16.5. The number of aromatic nitrogens is 2. The third-order valence-corrected chi connectivity index (χ3v) is 5.42. The number of aryl methyl sites for hydroxylation is 2. The maximum Gasteiger partial charge on any atom is 0.273 e. The Morgan fingerprint density at radius 3 is 2.63 bits per heavy atom. The number of hydrogen-bond donors (Lipinski definition) is 2. The van der Waals surface area contributed by atoms with E-state index in [0.29, 0.717) is 24.1 Å². The Balaban J connectivity index is 1.43. The van der Waals surface area contributed by atoms with Crippen molar-refractivity contribution in [2.75, 3.05) is 0 Å². The number of carbonyl (C=O) groups is 2. The molecule has 4 rings (SSSR count). The molecular formula is C20H24N4O3. The predicted octanol–water partition coefficient (Wildman–Crippen LogP) is 2.34. The minimum atomic E-state index is -0.165. The van der Waals surface area contributed by atoms with E-state index in [1.807, 2.05) is 13.0 Å². The molecule has 7 heteroatoms. The molecule has 2 aromatic heterocycles. The van der Waals surface area contributed by atoms with Crippen molar-refractivity contribution < 1.29 is 14.1 Å². The van der Waals surface area contributed by atoms with Gasteiger partial charge in [0.1, 0.15) is 5.76 Å². The molecular weight excluding hydrogens is 344 g/mol. The van der Waals surface area contributed by atoms with E-state index in [4.69, 9.17) is 4.52 Å². The molecule has 7 nitrogen and oxygen atoms in total. The first-order chi connectivity index (χ1) is 13.1. The number of nitrogens with one attached hydrogen (secondary N) is 2. The molecule has 1 atom stereocenters. The summed E-state index contributed by atoms with van der Waals surface area (Å²) in [6.07, 6.45) is 9.62. The summed E-state index contributed by atoms with van der Waals surface area (Å²) in [6, 6.07) is 2.00. The van der Waals surface area contributed by atoms with Gasteiger partial charge in [-0.2, -0.15) is 0 Å². The third-order valence-electron chi connectivity index (χ3n) is 5.42. The number of carbonyl (C=O) groups excluding carboxylic acids is 2. The molecule has 2 aliphatic rings. The summed E-state index contributed by atoms with van der Waals surface area (Å²) in [4.78, 5) is 29.2. The lowest BCUT2D eigenvalue weighted by atomic mass is 9.91. The molecule has 2 aromatic rings. The van der Waals surface area contributed by atoms with E-state index in [1.54, 1.807) is 12.4 Å². The van der Waals surface area contributed by atoms with Gasteiger partial charge in [0.25, 0.3) is 11.8 Å². The number of pyridine rings is 1. The van der Waals surface area contributed by atoms with Crippen LogP contribution in [0.2, 0.25) is 0 Å². The lowest BCUT2D eigenvalue weighted by molar-refractivity contribution is 0.0925. The van der Waals surface area contributed by atoms with Crippen LogP contribution >= 0.6 is 0 Å². The van der Waals surface area contributed by atoms with E-state index >= 15 is 0 Å². The lowest BCUT2D eigenvalue weighted by Gasteiger charge is -2.22. The Labute approximate surface area is 157 Å². The van der Waals surface area contributed by atoms with Crippen molar-refractivity contribution in [1.29, 1.82) is 0 Å². The Bertz CT molecular complexity index is 855. The van der Waals surface area contributed by atoms with Crippen molar-refractivity contribution in [1.82, 2.24) is 20.8 Å². The Hall–Kier alpha value is -2.70. The number of fused-ring (bicyclic) bond motifs is 1. The van der Waals surface area contributed by atoms with E-state index in [9.17, 15) is 9.59 Å². The van der Waals surface area contributed by atoms with E-state index in [0.717, 1.165) is 49.0 Å². The molecule has 142 valence electrons. The number of rotatable bonds is 4. The number of hydrogen-bond acceptors (Lipinski definition) is 5. The molecule has 2 aliphatic carbocycles. The Morgan fingerprint density at radius 1 is 1.07 bits per heavy atom. The third kappa shape index (κ3) is 3.86. The van der Waals surface area contributed by atoms with Gasteiger partial charge in [-0.15, -0.1) is 0 Å². The second kappa shape index (κ2) is 7.50. The van der Waals surface area contributed by atoms with E-state index in [2.05, 4.69) is 20.8 Å². The molecule has 2 amide bonds. The van der Waals surface area contributed by atoms with Crippen LogP contribution in [0.25, 0.3) is 0 Å². The highest BCUT2D eigenvalue weighted by molar-refractivity contribution is 5.95. The predicted molar refractivity (Wildman–Crippen MR) is 98.5 cm³/mol. The van der Waals surface area contributed by atoms with Gasteiger partial charge in [0.15, 0.2) is 5.69 Å². The molecule has 0 radical (unpaired) electrons. The summed E-state index contributed by atoms with van der Waals surface area (Å²) < 4.78 is 5.39. The lowest BCUT2D eigenvalue weighted by Crippen LogP contribution is -2.39. The zero-order valence-corrected chi connectivity index (χ0v) is 15.5. The summed E-state index contributed by atoms with van der Waals surface area (Å²) in [6.45, 7) is 1.91. The second-order valence-corrected chi connectivity index (χ2v) is 7.55. The molecule has 0 aromatic carbocycles. The Morgan fingerprint density at radius 2 is 1.85 bits per heavy atom. The maximum atomic E-state index is 12.6. The van der Waals surface area contributed by atoms with Crippen LogP contribution in [-0.4, -0.2) is 34.0 Å². The van der Waals surface area contributed by atoms with E-state index in [1.165, 1.54) is 0 Å². The van der Waals surface area contributed by atoms with Gasteiger partial charge in [-0.05, 0) is 44.2 Å². The smallest absolute Gasteiger partial charge is 0.273 e. The van der Waals surface area contributed by atoms with Gasteiger partial charge in [0, 0.05) is 36.5 Å². The first kappa shape index (κ1) is 17.7. The molecule has 0 aliphatic heterocycles. The van der Waals surface area contributed by atoms with Crippen LogP contribution in [0.1, 0.15) is 69.8 Å². The second-order valence-electron chi connectivity index (χ2n) is 7.55. The quantitative estimate of drug-likeness (QED) is 0.863. The molecule has 0 bridgehead atoms. The highest BCUT2D eigenvalue weighted by Gasteiger charge is 2.30. The fraction of sp³-hybridized carbons (Fsp3) is 0.500. The van der Waals surface area contributed by atoms with Gasteiger partial charge in [0.2, 0.25) is 0 Å². The molecule has 27 heavy (non-hydrogen) atoms. The first-order valence-electron chi connectivity index (χ1n) is 9.61. The normalized spacial score (nSPS) is 19.5. The van der Waals surface area contributed by atoms with Crippen molar-refractivity contribution in [2.45, 2.75) is 64.0 Å². The molecule has 2 heterocycles. The van der Waals surface area contributed by atoms with Crippen molar-refractivity contribution in [2.24, 2.45) is 0 Å². The average Bonchev–Trinajstić information content (AvgIpc) is 3.31. The minimum Gasteiger partial charge on any atom is -0.360 e. The van der Waals surface area contributed by atoms with Crippen LogP contribution in [0.15, 0.2) is 23.0 Å².